The van der Waals surface area contributed by atoms with Gasteiger partial charge in [0.2, 0.25) is 5.95 Å². The van der Waals surface area contributed by atoms with E-state index in [1.165, 1.54) is 11.3 Å². The van der Waals surface area contributed by atoms with Crippen molar-refractivity contribution in [3.63, 3.8) is 0 Å². The number of fused-ring (bicyclic) bond motifs is 1. The summed E-state index contributed by atoms with van der Waals surface area (Å²) in [6, 6.07) is 15.5. The summed E-state index contributed by atoms with van der Waals surface area (Å²) in [7, 11) is 0. The Kier molecular flexibility index (Phi) is 4.00. The van der Waals surface area contributed by atoms with Crippen molar-refractivity contribution >= 4 is 46.3 Å². The van der Waals surface area contributed by atoms with Crippen LogP contribution in [0.25, 0.3) is 0 Å². The van der Waals surface area contributed by atoms with Crippen molar-refractivity contribution in [1.82, 2.24) is 9.97 Å². The largest absolute Gasteiger partial charge is 0.340 e. The van der Waals surface area contributed by atoms with Crippen LogP contribution in [0, 0.1) is 0 Å². The molecule has 0 fully saturated rings. The molecule has 0 saturated carbocycles. The van der Waals surface area contributed by atoms with Gasteiger partial charge in [0.05, 0.1) is 0 Å². The number of nitrogens with zero attached hydrogens (tertiary/aromatic N) is 3. The number of benzene rings is 2. The van der Waals surface area contributed by atoms with E-state index in [1.54, 1.807) is 24.4 Å². The van der Waals surface area contributed by atoms with E-state index in [-0.39, 0.29) is 0 Å². The monoisotopic (exact) mass is 356 g/mol. The highest BCUT2D eigenvalue weighted by molar-refractivity contribution is 6.35. The molecule has 1 aromatic heterocycles. The molecule has 4 nitrogen and oxygen atoms in total. The highest BCUT2D eigenvalue weighted by atomic mass is 35.5. The van der Waals surface area contributed by atoms with Crippen LogP contribution in [0.2, 0.25) is 10.0 Å². The molecule has 0 spiro atoms. The van der Waals surface area contributed by atoms with Gasteiger partial charge in [-0.25, -0.2) is 4.98 Å². The van der Waals surface area contributed by atoms with Crippen molar-refractivity contribution in [2.24, 2.45) is 0 Å². The summed E-state index contributed by atoms with van der Waals surface area (Å²) >= 11 is 12.1. The van der Waals surface area contributed by atoms with Gasteiger partial charge in [-0.1, -0.05) is 41.4 Å². The Bertz CT molecular complexity index is 877. The van der Waals surface area contributed by atoms with Crippen LogP contribution in [0.4, 0.5) is 23.1 Å². The topological polar surface area (TPSA) is 41.1 Å². The summed E-state index contributed by atoms with van der Waals surface area (Å²) in [6.45, 7) is 0.881. The fourth-order valence-corrected chi connectivity index (χ4v) is 3.39. The third-order valence-electron chi connectivity index (χ3n) is 3.91. The lowest BCUT2D eigenvalue weighted by Gasteiger charge is -2.17. The van der Waals surface area contributed by atoms with Crippen LogP contribution < -0.4 is 10.2 Å². The Morgan fingerprint density at radius 3 is 2.62 bits per heavy atom. The van der Waals surface area contributed by atoms with Crippen molar-refractivity contribution in [3.8, 4) is 0 Å². The lowest BCUT2D eigenvalue weighted by molar-refractivity contribution is 0.941. The zero-order valence-electron chi connectivity index (χ0n) is 12.7. The van der Waals surface area contributed by atoms with Crippen LogP contribution in [0.1, 0.15) is 5.56 Å². The summed E-state index contributed by atoms with van der Waals surface area (Å²) < 4.78 is 0. The van der Waals surface area contributed by atoms with Crippen LogP contribution >= 0.6 is 23.2 Å². The normalized spacial score (nSPS) is 13.0. The molecule has 0 radical (unpaired) electrons. The maximum atomic E-state index is 6.04. The van der Waals surface area contributed by atoms with Crippen molar-refractivity contribution in [3.05, 3.63) is 70.3 Å². The molecule has 1 N–H and O–H groups in total. The van der Waals surface area contributed by atoms with Gasteiger partial charge < -0.3 is 10.2 Å². The van der Waals surface area contributed by atoms with Gasteiger partial charge in [-0.3, -0.25) is 0 Å². The van der Waals surface area contributed by atoms with E-state index in [0.29, 0.717) is 21.8 Å². The van der Waals surface area contributed by atoms with E-state index < -0.39 is 0 Å². The fourth-order valence-electron chi connectivity index (χ4n) is 2.87. The molecule has 6 heteroatoms. The molecular weight excluding hydrogens is 343 g/mol. The number of hydrogen-bond donors (Lipinski definition) is 1. The maximum absolute atomic E-state index is 6.04. The van der Waals surface area contributed by atoms with E-state index in [1.807, 2.05) is 12.1 Å². The van der Waals surface area contributed by atoms with E-state index in [0.717, 1.165) is 18.7 Å². The smallest absolute Gasteiger partial charge is 0.231 e. The molecule has 0 bridgehead atoms. The Hall–Kier alpha value is -2.30. The van der Waals surface area contributed by atoms with Crippen LogP contribution in [0.5, 0.6) is 0 Å². The quantitative estimate of drug-likeness (QED) is 0.698. The molecule has 1 aliphatic rings. The first kappa shape index (κ1) is 15.2. The Morgan fingerprint density at radius 1 is 1.00 bits per heavy atom. The minimum absolute atomic E-state index is 0.577. The maximum Gasteiger partial charge on any atom is 0.231 e. The van der Waals surface area contributed by atoms with Gasteiger partial charge in [-0.2, -0.15) is 4.98 Å². The summed E-state index contributed by atoms with van der Waals surface area (Å²) in [6.07, 6.45) is 2.75. The zero-order chi connectivity index (χ0) is 16.5. The molecule has 4 rings (SSSR count). The molecule has 1 aliphatic heterocycles. The number of aromatic nitrogens is 2. The van der Waals surface area contributed by atoms with Gasteiger partial charge in [0.15, 0.2) is 0 Å². The third-order valence-corrected chi connectivity index (χ3v) is 4.34. The number of halogens is 2. The Morgan fingerprint density at radius 2 is 1.79 bits per heavy atom. The molecular formula is C18H14Cl2N4. The SMILES string of the molecule is Clc1cc(Cl)cc(Nc2ccnc(N3CCc4ccccc43)n2)c1. The lowest BCUT2D eigenvalue weighted by atomic mass is 10.2. The average Bonchev–Trinajstić information content (AvgIpc) is 2.98. The van der Waals surface area contributed by atoms with Gasteiger partial charge in [0.1, 0.15) is 5.82 Å². The molecule has 2 aromatic carbocycles. The second-order valence-corrected chi connectivity index (χ2v) is 6.43. The minimum atomic E-state index is 0.577. The highest BCUT2D eigenvalue weighted by Gasteiger charge is 2.21. The molecule has 0 amide bonds. The number of anilines is 4. The number of nitrogens with one attached hydrogen (secondary N) is 1. The number of para-hydroxylation sites is 1. The van der Waals surface area contributed by atoms with E-state index in [2.05, 4.69) is 38.4 Å². The molecule has 3 aromatic rings. The first-order valence-corrected chi connectivity index (χ1v) is 8.36. The highest BCUT2D eigenvalue weighted by Crippen LogP contribution is 2.33. The van der Waals surface area contributed by atoms with E-state index >= 15 is 0 Å². The van der Waals surface area contributed by atoms with Crippen molar-refractivity contribution in [2.75, 3.05) is 16.8 Å². The molecule has 2 heterocycles. The summed E-state index contributed by atoms with van der Waals surface area (Å²) in [5.74, 6) is 1.38. The average molecular weight is 357 g/mol. The standard InChI is InChI=1S/C18H14Cl2N4/c19-13-9-14(20)11-15(10-13)22-17-5-7-21-18(23-17)24-8-6-12-3-1-2-4-16(12)24/h1-5,7,9-11H,6,8H2,(H,21,22,23). The molecule has 0 unspecified atom stereocenters. The fraction of sp³-hybridized carbons (Fsp3) is 0.111. The molecule has 24 heavy (non-hydrogen) atoms. The van der Waals surface area contributed by atoms with Gasteiger partial charge in [-0.15, -0.1) is 0 Å². The lowest BCUT2D eigenvalue weighted by Crippen LogP contribution is -2.16. The van der Waals surface area contributed by atoms with Gasteiger partial charge in [0, 0.05) is 34.2 Å². The molecule has 0 saturated heterocycles. The number of hydrogen-bond acceptors (Lipinski definition) is 4. The van der Waals surface area contributed by atoms with E-state index in [9.17, 15) is 0 Å². The summed E-state index contributed by atoms with van der Waals surface area (Å²) in [5, 5.41) is 4.38. The molecule has 120 valence electrons. The van der Waals surface area contributed by atoms with Crippen molar-refractivity contribution in [1.29, 1.82) is 0 Å². The van der Waals surface area contributed by atoms with Crippen LogP contribution in [0.3, 0.4) is 0 Å². The van der Waals surface area contributed by atoms with E-state index in [4.69, 9.17) is 23.2 Å². The Balaban J connectivity index is 1.63. The second-order valence-electron chi connectivity index (χ2n) is 5.56. The predicted octanol–water partition coefficient (Wildman–Crippen LogP) is 5.22. The van der Waals surface area contributed by atoms with Crippen molar-refractivity contribution < 1.29 is 0 Å². The predicted molar refractivity (Wildman–Crippen MR) is 98.9 cm³/mol. The van der Waals surface area contributed by atoms with Crippen LogP contribution in [-0.4, -0.2) is 16.5 Å². The first-order valence-electron chi connectivity index (χ1n) is 7.61. The van der Waals surface area contributed by atoms with Crippen LogP contribution in [-0.2, 0) is 6.42 Å². The Labute approximate surface area is 150 Å². The summed E-state index contributed by atoms with van der Waals surface area (Å²) in [4.78, 5) is 11.2. The summed E-state index contributed by atoms with van der Waals surface area (Å²) in [5.41, 5.74) is 3.28. The van der Waals surface area contributed by atoms with Gasteiger partial charge >= 0.3 is 0 Å². The first-order chi connectivity index (χ1) is 11.7. The zero-order valence-corrected chi connectivity index (χ0v) is 14.2. The second kappa shape index (κ2) is 6.30. The van der Waals surface area contributed by atoms with Gasteiger partial charge in [-0.05, 0) is 42.3 Å². The van der Waals surface area contributed by atoms with Gasteiger partial charge in [0.25, 0.3) is 0 Å². The van der Waals surface area contributed by atoms with Crippen molar-refractivity contribution in [2.45, 2.75) is 6.42 Å². The van der Waals surface area contributed by atoms with Crippen LogP contribution in [0.15, 0.2) is 54.7 Å². The molecule has 0 aliphatic carbocycles. The molecule has 0 atom stereocenters. The minimum Gasteiger partial charge on any atom is -0.340 e. The third kappa shape index (κ3) is 3.03. The number of rotatable bonds is 3.